The van der Waals surface area contributed by atoms with Gasteiger partial charge in [0, 0.05) is 6.42 Å². The molecule has 3 atom stereocenters. The Morgan fingerprint density at radius 2 is 1.38 bits per heavy atom. The number of hydrogen-bond acceptors (Lipinski definition) is 3. The highest BCUT2D eigenvalue weighted by Crippen LogP contribution is 2.28. The van der Waals surface area contributed by atoms with Gasteiger partial charge >= 0.3 is 0 Å². The van der Waals surface area contributed by atoms with Gasteiger partial charge in [-0.15, -0.1) is 0 Å². The van der Waals surface area contributed by atoms with Gasteiger partial charge in [0.2, 0.25) is 0 Å². The molecule has 3 nitrogen and oxygen atoms in total. The highest BCUT2D eigenvalue weighted by Gasteiger charge is 2.33. The Kier molecular flexibility index (Phi) is 13.0. The van der Waals surface area contributed by atoms with E-state index in [9.17, 15) is 15.3 Å². The third-order valence-electron chi connectivity index (χ3n) is 5.43. The van der Waals surface area contributed by atoms with Gasteiger partial charge in [-0.25, -0.2) is 0 Å². The average Bonchev–Trinajstić information content (AvgIpc) is 2.62. The highest BCUT2D eigenvalue weighted by atomic mass is 16.3. The SMILES string of the molecule is CCCCC=CCCCCCCCCCCCC1(O)C=CC(O)C(O)C1. The van der Waals surface area contributed by atoms with Crippen molar-refractivity contribution in [2.75, 3.05) is 0 Å². The van der Waals surface area contributed by atoms with E-state index in [4.69, 9.17) is 0 Å². The van der Waals surface area contributed by atoms with Crippen LogP contribution in [-0.4, -0.2) is 33.1 Å². The van der Waals surface area contributed by atoms with E-state index in [1.165, 1.54) is 76.7 Å². The Labute approximate surface area is 161 Å². The first-order valence-electron chi connectivity index (χ1n) is 11.0. The summed E-state index contributed by atoms with van der Waals surface area (Å²) in [5.74, 6) is 0. The summed E-state index contributed by atoms with van der Waals surface area (Å²) in [6.07, 6.45) is 23.6. The molecule has 0 spiro atoms. The largest absolute Gasteiger partial charge is 0.390 e. The predicted molar refractivity (Wildman–Crippen MR) is 110 cm³/mol. The molecule has 0 fully saturated rings. The van der Waals surface area contributed by atoms with Gasteiger partial charge in [-0.1, -0.05) is 95.4 Å². The van der Waals surface area contributed by atoms with E-state index in [-0.39, 0.29) is 6.42 Å². The van der Waals surface area contributed by atoms with E-state index in [1.54, 1.807) is 6.08 Å². The second-order valence-electron chi connectivity index (χ2n) is 8.06. The molecule has 0 saturated heterocycles. The summed E-state index contributed by atoms with van der Waals surface area (Å²) in [4.78, 5) is 0. The van der Waals surface area contributed by atoms with Crippen molar-refractivity contribution in [3.8, 4) is 0 Å². The molecule has 1 aliphatic rings. The third kappa shape index (κ3) is 11.2. The molecule has 0 bridgehead atoms. The number of aliphatic hydroxyl groups is 3. The fraction of sp³-hybridized carbons (Fsp3) is 0.826. The summed E-state index contributed by atoms with van der Waals surface area (Å²) in [5.41, 5.74) is -0.927. The van der Waals surface area contributed by atoms with Crippen LogP contribution in [0.25, 0.3) is 0 Å². The first-order chi connectivity index (χ1) is 12.6. The van der Waals surface area contributed by atoms with E-state index in [2.05, 4.69) is 19.1 Å². The fourth-order valence-corrected chi connectivity index (χ4v) is 3.63. The van der Waals surface area contributed by atoms with Crippen LogP contribution in [0.4, 0.5) is 0 Å². The van der Waals surface area contributed by atoms with Crippen molar-refractivity contribution >= 4 is 0 Å². The maximum absolute atomic E-state index is 10.4. The van der Waals surface area contributed by atoms with Crippen molar-refractivity contribution < 1.29 is 15.3 Å². The average molecular weight is 367 g/mol. The molecule has 26 heavy (non-hydrogen) atoms. The Hall–Kier alpha value is -0.640. The van der Waals surface area contributed by atoms with Crippen LogP contribution in [0.3, 0.4) is 0 Å². The first kappa shape index (κ1) is 23.4. The van der Waals surface area contributed by atoms with Crippen molar-refractivity contribution in [1.82, 2.24) is 0 Å². The van der Waals surface area contributed by atoms with Gasteiger partial charge in [-0.3, -0.25) is 0 Å². The fourth-order valence-electron chi connectivity index (χ4n) is 3.63. The molecule has 0 aromatic carbocycles. The Morgan fingerprint density at radius 1 is 0.846 bits per heavy atom. The van der Waals surface area contributed by atoms with Crippen molar-refractivity contribution in [2.24, 2.45) is 0 Å². The topological polar surface area (TPSA) is 60.7 Å². The molecule has 0 saturated carbocycles. The zero-order chi connectivity index (χ0) is 19.1. The van der Waals surface area contributed by atoms with E-state index in [1.807, 2.05) is 0 Å². The lowest BCUT2D eigenvalue weighted by molar-refractivity contribution is -0.0354. The molecule has 0 heterocycles. The molecular formula is C23H42O3. The Morgan fingerprint density at radius 3 is 1.96 bits per heavy atom. The summed E-state index contributed by atoms with van der Waals surface area (Å²) >= 11 is 0. The second kappa shape index (κ2) is 14.4. The van der Waals surface area contributed by atoms with Crippen molar-refractivity contribution in [3.05, 3.63) is 24.3 Å². The zero-order valence-corrected chi connectivity index (χ0v) is 16.9. The Balaban J connectivity index is 1.87. The maximum Gasteiger partial charge on any atom is 0.0982 e. The molecule has 152 valence electrons. The second-order valence-corrected chi connectivity index (χ2v) is 8.06. The quantitative estimate of drug-likeness (QED) is 0.267. The molecule has 3 heteroatoms. The van der Waals surface area contributed by atoms with Crippen molar-refractivity contribution in [3.63, 3.8) is 0 Å². The van der Waals surface area contributed by atoms with Gasteiger partial charge in [-0.2, -0.15) is 0 Å². The van der Waals surface area contributed by atoms with Crippen LogP contribution >= 0.6 is 0 Å². The summed E-state index contributed by atoms with van der Waals surface area (Å²) in [7, 11) is 0. The molecule has 1 rings (SSSR count). The molecule has 3 N–H and O–H groups in total. The third-order valence-corrected chi connectivity index (χ3v) is 5.43. The number of hydrogen-bond donors (Lipinski definition) is 3. The van der Waals surface area contributed by atoms with E-state index in [0.717, 1.165) is 12.8 Å². The molecule has 0 aliphatic heterocycles. The van der Waals surface area contributed by atoms with Gasteiger partial charge in [0.1, 0.15) is 0 Å². The minimum atomic E-state index is -0.927. The summed E-state index contributed by atoms with van der Waals surface area (Å²) < 4.78 is 0. The zero-order valence-electron chi connectivity index (χ0n) is 16.9. The molecular weight excluding hydrogens is 324 g/mol. The standard InChI is InChI=1S/C23H42O3/c1-2-3-4-5-6-7-8-9-10-11-12-13-14-15-16-18-23(26)19-17-21(24)22(25)20-23/h5-6,17,19,21-22,24-26H,2-4,7-16,18,20H2,1H3. The van der Waals surface area contributed by atoms with Crippen LogP contribution < -0.4 is 0 Å². The summed E-state index contributed by atoms with van der Waals surface area (Å²) in [6, 6.07) is 0. The van der Waals surface area contributed by atoms with Crippen LogP contribution in [0.15, 0.2) is 24.3 Å². The number of unbranched alkanes of at least 4 members (excludes halogenated alkanes) is 11. The van der Waals surface area contributed by atoms with Crippen LogP contribution in [0, 0.1) is 0 Å². The van der Waals surface area contributed by atoms with E-state index in [0.29, 0.717) is 6.42 Å². The van der Waals surface area contributed by atoms with Crippen molar-refractivity contribution in [2.45, 2.75) is 121 Å². The minimum Gasteiger partial charge on any atom is -0.390 e. The van der Waals surface area contributed by atoms with Gasteiger partial charge < -0.3 is 15.3 Å². The van der Waals surface area contributed by atoms with Crippen LogP contribution in [0.1, 0.15) is 103 Å². The lowest BCUT2D eigenvalue weighted by Gasteiger charge is -2.32. The van der Waals surface area contributed by atoms with Crippen LogP contribution in [0.5, 0.6) is 0 Å². The molecule has 3 unspecified atom stereocenters. The number of allylic oxidation sites excluding steroid dienone is 2. The van der Waals surface area contributed by atoms with Crippen LogP contribution in [-0.2, 0) is 0 Å². The highest BCUT2D eigenvalue weighted by molar-refractivity contribution is 5.11. The smallest absolute Gasteiger partial charge is 0.0982 e. The molecule has 0 aromatic heterocycles. The maximum atomic E-state index is 10.4. The monoisotopic (exact) mass is 366 g/mol. The molecule has 0 radical (unpaired) electrons. The summed E-state index contributed by atoms with van der Waals surface area (Å²) in [6.45, 7) is 2.24. The van der Waals surface area contributed by atoms with Crippen molar-refractivity contribution in [1.29, 1.82) is 0 Å². The Bertz CT molecular complexity index is 391. The lowest BCUT2D eigenvalue weighted by Crippen LogP contribution is -2.40. The van der Waals surface area contributed by atoms with Gasteiger partial charge in [0.15, 0.2) is 0 Å². The molecule has 0 aromatic rings. The minimum absolute atomic E-state index is 0.248. The predicted octanol–water partition coefficient (Wildman–Crippen LogP) is 5.44. The van der Waals surface area contributed by atoms with E-state index < -0.39 is 17.8 Å². The molecule has 1 aliphatic carbocycles. The summed E-state index contributed by atoms with van der Waals surface area (Å²) in [5, 5.41) is 29.5. The van der Waals surface area contributed by atoms with Gasteiger partial charge in [-0.05, 0) is 25.7 Å². The number of rotatable bonds is 15. The lowest BCUT2D eigenvalue weighted by atomic mass is 9.84. The van der Waals surface area contributed by atoms with Crippen LogP contribution in [0.2, 0.25) is 0 Å². The number of aliphatic hydroxyl groups excluding tert-OH is 2. The first-order valence-corrected chi connectivity index (χ1v) is 11.0. The van der Waals surface area contributed by atoms with E-state index >= 15 is 0 Å². The molecule has 0 amide bonds. The van der Waals surface area contributed by atoms with Gasteiger partial charge in [0.25, 0.3) is 0 Å². The van der Waals surface area contributed by atoms with Gasteiger partial charge in [0.05, 0.1) is 17.8 Å². The normalized spacial score (nSPS) is 26.0.